The molecule has 0 aliphatic heterocycles. The van der Waals surface area contributed by atoms with Gasteiger partial charge in [-0.15, -0.1) is 0 Å². The van der Waals surface area contributed by atoms with Crippen molar-refractivity contribution in [2.45, 2.75) is 19.9 Å². The first-order chi connectivity index (χ1) is 11.3. The largest absolute Gasteiger partial charge is 0.497 e. The van der Waals surface area contributed by atoms with Gasteiger partial charge in [0.15, 0.2) is 5.11 Å². The Morgan fingerprint density at radius 3 is 2.33 bits per heavy atom. The fraction of sp³-hybridized carbons (Fsp3) is 0.438. The van der Waals surface area contributed by atoms with E-state index in [1.54, 1.807) is 45.2 Å². The maximum atomic E-state index is 12.1. The summed E-state index contributed by atoms with van der Waals surface area (Å²) in [7, 11) is 3.06. The Bertz CT molecular complexity index is 589. The summed E-state index contributed by atoms with van der Waals surface area (Å²) in [4.78, 5) is 24.6. The van der Waals surface area contributed by atoms with Crippen LogP contribution in [-0.2, 0) is 9.59 Å². The van der Waals surface area contributed by atoms with E-state index in [0.717, 1.165) is 11.4 Å². The average Bonchev–Trinajstić information content (AvgIpc) is 2.52. The molecule has 0 heterocycles. The first-order valence-electron chi connectivity index (χ1n) is 7.43. The number of anilines is 1. The van der Waals surface area contributed by atoms with Gasteiger partial charge in [0.25, 0.3) is 0 Å². The van der Waals surface area contributed by atoms with Crippen LogP contribution in [0.2, 0.25) is 0 Å². The van der Waals surface area contributed by atoms with E-state index in [0.29, 0.717) is 0 Å². The lowest BCUT2D eigenvalue weighted by molar-refractivity contribution is -0.150. The van der Waals surface area contributed by atoms with Crippen molar-refractivity contribution >= 4 is 34.9 Å². The van der Waals surface area contributed by atoms with Crippen LogP contribution >= 0.6 is 12.2 Å². The number of aliphatic carboxylic acids is 1. The molecule has 1 amide bonds. The zero-order valence-corrected chi connectivity index (χ0v) is 15.0. The zero-order chi connectivity index (χ0) is 18.3. The summed E-state index contributed by atoms with van der Waals surface area (Å²) < 4.78 is 5.07. The molecule has 8 heteroatoms. The lowest BCUT2D eigenvalue weighted by Gasteiger charge is -2.28. The summed E-state index contributed by atoms with van der Waals surface area (Å²) in [6.45, 7) is 3.42. The molecule has 0 bridgehead atoms. The number of thiocarbonyl (C=S) groups is 1. The third kappa shape index (κ3) is 5.69. The molecular formula is C16H23N3O4S. The van der Waals surface area contributed by atoms with E-state index < -0.39 is 12.0 Å². The number of rotatable bonds is 7. The van der Waals surface area contributed by atoms with Crippen molar-refractivity contribution in [3.63, 3.8) is 0 Å². The van der Waals surface area contributed by atoms with Gasteiger partial charge in [0, 0.05) is 12.7 Å². The molecule has 1 unspecified atom stereocenters. The molecule has 132 valence electrons. The van der Waals surface area contributed by atoms with Crippen molar-refractivity contribution in [3.05, 3.63) is 24.3 Å². The molecule has 3 N–H and O–H groups in total. The molecule has 1 aromatic rings. The molecule has 0 fully saturated rings. The van der Waals surface area contributed by atoms with Crippen molar-refractivity contribution in [1.82, 2.24) is 10.2 Å². The number of benzene rings is 1. The average molecular weight is 353 g/mol. The van der Waals surface area contributed by atoms with Gasteiger partial charge in [0.05, 0.1) is 13.7 Å². The third-order valence-electron chi connectivity index (χ3n) is 3.44. The van der Waals surface area contributed by atoms with Gasteiger partial charge >= 0.3 is 5.97 Å². The number of methoxy groups -OCH3 is 1. The van der Waals surface area contributed by atoms with Gasteiger partial charge in [-0.3, -0.25) is 4.79 Å². The first-order valence-corrected chi connectivity index (χ1v) is 7.84. The first kappa shape index (κ1) is 19.7. The highest BCUT2D eigenvalue weighted by Crippen LogP contribution is 2.14. The van der Waals surface area contributed by atoms with Crippen LogP contribution < -0.4 is 15.4 Å². The molecule has 0 aliphatic carbocycles. The van der Waals surface area contributed by atoms with Crippen molar-refractivity contribution < 1.29 is 19.4 Å². The van der Waals surface area contributed by atoms with Crippen LogP contribution in [0.25, 0.3) is 0 Å². The van der Waals surface area contributed by atoms with Crippen LogP contribution in [0.1, 0.15) is 13.8 Å². The van der Waals surface area contributed by atoms with Gasteiger partial charge in [0.2, 0.25) is 5.91 Å². The molecule has 0 saturated heterocycles. The van der Waals surface area contributed by atoms with Gasteiger partial charge < -0.3 is 25.4 Å². The third-order valence-corrected chi connectivity index (χ3v) is 3.69. The Kier molecular flexibility index (Phi) is 7.44. The Balaban J connectivity index is 2.53. The van der Waals surface area contributed by atoms with E-state index in [9.17, 15) is 14.7 Å². The zero-order valence-electron chi connectivity index (χ0n) is 14.2. The van der Waals surface area contributed by atoms with Gasteiger partial charge in [0.1, 0.15) is 11.8 Å². The molecule has 0 spiro atoms. The summed E-state index contributed by atoms with van der Waals surface area (Å²) in [6, 6.07) is 6.27. The molecule has 1 rings (SSSR count). The summed E-state index contributed by atoms with van der Waals surface area (Å²) in [6.07, 6.45) is 0. The lowest BCUT2D eigenvalue weighted by atomic mass is 10.0. The second kappa shape index (κ2) is 9.07. The second-order valence-corrected chi connectivity index (χ2v) is 5.98. The normalized spacial score (nSPS) is 11.5. The van der Waals surface area contributed by atoms with Crippen LogP contribution in [0.3, 0.4) is 0 Å². The monoisotopic (exact) mass is 353 g/mol. The maximum absolute atomic E-state index is 12.1. The van der Waals surface area contributed by atoms with E-state index in [1.807, 2.05) is 0 Å². The number of carboxylic acid groups (broad SMARTS) is 1. The van der Waals surface area contributed by atoms with Crippen molar-refractivity contribution in [1.29, 1.82) is 0 Å². The standard InChI is InChI=1S/C16H23N3O4S/c1-10(2)14(15(21)22)19(3)13(20)9-17-16(24)18-11-5-7-12(23-4)8-6-11/h5-8,10,14H,9H2,1-4H3,(H,21,22)(H2,17,18,24). The molecule has 0 radical (unpaired) electrons. The molecule has 24 heavy (non-hydrogen) atoms. The number of amides is 1. The molecule has 1 atom stereocenters. The summed E-state index contributed by atoms with van der Waals surface area (Å²) >= 11 is 5.13. The second-order valence-electron chi connectivity index (χ2n) is 5.57. The minimum absolute atomic E-state index is 0.0883. The van der Waals surface area contributed by atoms with Crippen LogP contribution in [0.5, 0.6) is 5.75 Å². The van der Waals surface area contributed by atoms with E-state index in [1.165, 1.54) is 11.9 Å². The molecule has 1 aromatic carbocycles. The summed E-state index contributed by atoms with van der Waals surface area (Å²) in [5, 5.41) is 15.2. The number of ether oxygens (including phenoxy) is 1. The smallest absolute Gasteiger partial charge is 0.326 e. The SMILES string of the molecule is COc1ccc(NC(=S)NCC(=O)N(C)C(C(=O)O)C(C)C)cc1. The van der Waals surface area contributed by atoms with E-state index in [4.69, 9.17) is 17.0 Å². The predicted octanol–water partition coefficient (Wildman–Crippen LogP) is 1.55. The van der Waals surface area contributed by atoms with Gasteiger partial charge in [-0.05, 0) is 42.4 Å². The number of nitrogens with zero attached hydrogens (tertiary/aromatic N) is 1. The summed E-state index contributed by atoms with van der Waals surface area (Å²) in [5.74, 6) is -0.847. The number of hydrogen-bond acceptors (Lipinski definition) is 4. The quantitative estimate of drug-likeness (QED) is 0.641. The predicted molar refractivity (Wildman–Crippen MR) is 96.2 cm³/mol. The molecular weight excluding hydrogens is 330 g/mol. The number of likely N-dealkylation sites (N-methyl/N-ethyl adjacent to an activating group) is 1. The van der Waals surface area contributed by atoms with Crippen molar-refractivity contribution in [2.24, 2.45) is 5.92 Å². The number of nitrogens with one attached hydrogen (secondary N) is 2. The van der Waals surface area contributed by atoms with E-state index >= 15 is 0 Å². The van der Waals surface area contributed by atoms with Crippen LogP contribution in [0.4, 0.5) is 5.69 Å². The number of carbonyl (C=O) groups is 2. The fourth-order valence-corrected chi connectivity index (χ4v) is 2.37. The van der Waals surface area contributed by atoms with Gasteiger partial charge in [-0.25, -0.2) is 4.79 Å². The Morgan fingerprint density at radius 2 is 1.88 bits per heavy atom. The highest BCUT2D eigenvalue weighted by atomic mass is 32.1. The minimum Gasteiger partial charge on any atom is -0.497 e. The maximum Gasteiger partial charge on any atom is 0.326 e. The van der Waals surface area contributed by atoms with E-state index in [2.05, 4.69) is 10.6 Å². The molecule has 7 nitrogen and oxygen atoms in total. The van der Waals surface area contributed by atoms with Crippen molar-refractivity contribution in [3.8, 4) is 5.75 Å². The lowest BCUT2D eigenvalue weighted by Crippen LogP contribution is -2.49. The molecule has 0 aliphatic rings. The van der Waals surface area contributed by atoms with Crippen LogP contribution in [0, 0.1) is 5.92 Å². The van der Waals surface area contributed by atoms with Crippen molar-refractivity contribution in [2.75, 3.05) is 26.0 Å². The Morgan fingerprint density at radius 1 is 1.29 bits per heavy atom. The van der Waals surface area contributed by atoms with Crippen LogP contribution in [0.15, 0.2) is 24.3 Å². The molecule has 0 aromatic heterocycles. The van der Waals surface area contributed by atoms with Gasteiger partial charge in [-0.2, -0.15) is 0 Å². The highest BCUT2D eigenvalue weighted by Gasteiger charge is 2.29. The number of hydrogen-bond donors (Lipinski definition) is 3. The van der Waals surface area contributed by atoms with Crippen LogP contribution in [-0.4, -0.2) is 53.7 Å². The Hall–Kier alpha value is -2.35. The van der Waals surface area contributed by atoms with E-state index in [-0.39, 0.29) is 23.5 Å². The molecule has 0 saturated carbocycles. The highest BCUT2D eigenvalue weighted by molar-refractivity contribution is 7.80. The Labute approximate surface area is 147 Å². The number of carbonyl (C=O) groups excluding carboxylic acids is 1. The summed E-state index contributed by atoms with van der Waals surface area (Å²) in [5.41, 5.74) is 0.750. The fourth-order valence-electron chi connectivity index (χ4n) is 2.18. The topological polar surface area (TPSA) is 90.9 Å². The number of carboxylic acids is 1. The van der Waals surface area contributed by atoms with Gasteiger partial charge in [-0.1, -0.05) is 13.8 Å². The minimum atomic E-state index is -1.03.